The van der Waals surface area contributed by atoms with Gasteiger partial charge < -0.3 is 10.1 Å². The predicted octanol–water partition coefficient (Wildman–Crippen LogP) is 4.44. The molecule has 0 spiro atoms. The third-order valence-corrected chi connectivity index (χ3v) is 5.44. The lowest BCUT2D eigenvalue weighted by molar-refractivity contribution is 0.193. The number of halogens is 1. The van der Waals surface area contributed by atoms with Crippen LogP contribution in [0.3, 0.4) is 0 Å². The molecule has 1 aromatic rings. The number of hydrogen-bond acceptors (Lipinski definition) is 2. The summed E-state index contributed by atoms with van der Waals surface area (Å²) in [4.78, 5) is 0. The summed E-state index contributed by atoms with van der Waals surface area (Å²) >= 11 is 6.11. The molecule has 1 aromatic carbocycles. The Labute approximate surface area is 126 Å². The van der Waals surface area contributed by atoms with Crippen LogP contribution in [0.2, 0.25) is 5.02 Å². The summed E-state index contributed by atoms with van der Waals surface area (Å²) in [5.74, 6) is 3.65. The Bertz CT molecular complexity index is 476. The zero-order valence-corrected chi connectivity index (χ0v) is 13.1. The quantitative estimate of drug-likeness (QED) is 0.867. The van der Waals surface area contributed by atoms with Crippen LogP contribution in [0.4, 0.5) is 0 Å². The highest BCUT2D eigenvalue weighted by Crippen LogP contribution is 2.48. The van der Waals surface area contributed by atoms with Crippen molar-refractivity contribution in [2.75, 3.05) is 13.7 Å². The fraction of sp³-hybridized carbons (Fsp3) is 0.647. The number of benzene rings is 1. The van der Waals surface area contributed by atoms with Crippen molar-refractivity contribution < 1.29 is 4.74 Å². The first-order chi connectivity index (χ1) is 9.67. The SMILES string of the molecule is CNC(C)c1cc(Cl)ccc1OCC1CC2CCC1C2. The van der Waals surface area contributed by atoms with Gasteiger partial charge in [0, 0.05) is 16.6 Å². The van der Waals surface area contributed by atoms with Crippen molar-refractivity contribution in [3.05, 3.63) is 28.8 Å². The van der Waals surface area contributed by atoms with Gasteiger partial charge in [0.25, 0.3) is 0 Å². The topological polar surface area (TPSA) is 21.3 Å². The summed E-state index contributed by atoms with van der Waals surface area (Å²) in [7, 11) is 1.96. The van der Waals surface area contributed by atoms with Crippen LogP contribution in [0, 0.1) is 17.8 Å². The molecule has 0 amide bonds. The molecule has 20 heavy (non-hydrogen) atoms. The molecular formula is C17H24ClNO. The molecule has 3 rings (SSSR count). The normalized spacial score (nSPS) is 29.6. The van der Waals surface area contributed by atoms with Crippen molar-refractivity contribution in [2.24, 2.45) is 17.8 Å². The van der Waals surface area contributed by atoms with Gasteiger partial charge in [-0.15, -0.1) is 0 Å². The average Bonchev–Trinajstić information content (AvgIpc) is 3.07. The van der Waals surface area contributed by atoms with Crippen LogP contribution in [0.5, 0.6) is 5.75 Å². The smallest absolute Gasteiger partial charge is 0.124 e. The van der Waals surface area contributed by atoms with Gasteiger partial charge in [0.05, 0.1) is 6.61 Å². The molecule has 4 unspecified atom stereocenters. The lowest BCUT2D eigenvalue weighted by Crippen LogP contribution is -2.20. The van der Waals surface area contributed by atoms with Gasteiger partial charge in [-0.2, -0.15) is 0 Å². The Hall–Kier alpha value is -0.730. The van der Waals surface area contributed by atoms with E-state index in [1.165, 1.54) is 25.7 Å². The van der Waals surface area contributed by atoms with Crippen LogP contribution in [0.1, 0.15) is 44.2 Å². The van der Waals surface area contributed by atoms with Gasteiger partial charge in [-0.3, -0.25) is 0 Å². The Balaban J connectivity index is 1.67. The molecule has 2 aliphatic rings. The van der Waals surface area contributed by atoms with E-state index in [0.29, 0.717) is 0 Å². The summed E-state index contributed by atoms with van der Waals surface area (Å²) < 4.78 is 6.15. The van der Waals surface area contributed by atoms with Crippen molar-refractivity contribution in [2.45, 2.75) is 38.6 Å². The molecule has 110 valence electrons. The van der Waals surface area contributed by atoms with E-state index in [0.717, 1.165) is 40.7 Å². The third-order valence-electron chi connectivity index (χ3n) is 5.21. The van der Waals surface area contributed by atoms with Gasteiger partial charge in [-0.05, 0) is 69.2 Å². The maximum atomic E-state index is 6.15. The molecule has 3 heteroatoms. The zero-order valence-electron chi connectivity index (χ0n) is 12.4. The Kier molecular flexibility index (Phi) is 4.23. The van der Waals surface area contributed by atoms with Crippen molar-refractivity contribution >= 4 is 11.6 Å². The molecule has 0 heterocycles. The lowest BCUT2D eigenvalue weighted by Gasteiger charge is -2.23. The van der Waals surface area contributed by atoms with Gasteiger partial charge in [0.1, 0.15) is 5.75 Å². The fourth-order valence-corrected chi connectivity index (χ4v) is 4.10. The summed E-state index contributed by atoms with van der Waals surface area (Å²) in [5, 5.41) is 4.04. The fourth-order valence-electron chi connectivity index (χ4n) is 3.92. The van der Waals surface area contributed by atoms with Crippen LogP contribution in [-0.4, -0.2) is 13.7 Å². The van der Waals surface area contributed by atoms with E-state index in [2.05, 4.69) is 12.2 Å². The number of rotatable bonds is 5. The van der Waals surface area contributed by atoms with Crippen LogP contribution >= 0.6 is 11.6 Å². The van der Waals surface area contributed by atoms with E-state index in [-0.39, 0.29) is 6.04 Å². The molecule has 2 aliphatic carbocycles. The first kappa shape index (κ1) is 14.2. The molecule has 4 atom stereocenters. The molecule has 1 N–H and O–H groups in total. The molecule has 2 bridgehead atoms. The first-order valence-corrected chi connectivity index (χ1v) is 8.14. The second-order valence-corrected chi connectivity index (χ2v) is 6.87. The molecular weight excluding hydrogens is 270 g/mol. The number of ether oxygens (including phenoxy) is 1. The van der Waals surface area contributed by atoms with Crippen LogP contribution in [0.15, 0.2) is 18.2 Å². The van der Waals surface area contributed by atoms with Gasteiger partial charge in [0.15, 0.2) is 0 Å². The highest BCUT2D eigenvalue weighted by atomic mass is 35.5. The number of nitrogens with one attached hydrogen (secondary N) is 1. The van der Waals surface area contributed by atoms with Gasteiger partial charge in [-0.25, -0.2) is 0 Å². The van der Waals surface area contributed by atoms with Crippen LogP contribution in [-0.2, 0) is 0 Å². The number of hydrogen-bond donors (Lipinski definition) is 1. The Morgan fingerprint density at radius 2 is 2.20 bits per heavy atom. The van der Waals surface area contributed by atoms with E-state index in [9.17, 15) is 0 Å². The van der Waals surface area contributed by atoms with Gasteiger partial charge >= 0.3 is 0 Å². The second kappa shape index (κ2) is 5.95. The van der Waals surface area contributed by atoms with Crippen molar-refractivity contribution in [3.8, 4) is 5.75 Å². The summed E-state index contributed by atoms with van der Waals surface area (Å²) in [6, 6.07) is 6.20. The molecule has 0 radical (unpaired) electrons. The highest BCUT2D eigenvalue weighted by Gasteiger charge is 2.39. The monoisotopic (exact) mass is 293 g/mol. The average molecular weight is 294 g/mol. The van der Waals surface area contributed by atoms with Crippen molar-refractivity contribution in [1.82, 2.24) is 5.32 Å². The van der Waals surface area contributed by atoms with E-state index < -0.39 is 0 Å². The van der Waals surface area contributed by atoms with Crippen molar-refractivity contribution in [3.63, 3.8) is 0 Å². The van der Waals surface area contributed by atoms with E-state index in [1.807, 2.05) is 25.2 Å². The Morgan fingerprint density at radius 3 is 2.85 bits per heavy atom. The van der Waals surface area contributed by atoms with E-state index in [4.69, 9.17) is 16.3 Å². The van der Waals surface area contributed by atoms with Crippen LogP contribution in [0.25, 0.3) is 0 Å². The zero-order chi connectivity index (χ0) is 14.1. The first-order valence-electron chi connectivity index (χ1n) is 7.77. The second-order valence-electron chi connectivity index (χ2n) is 6.44. The maximum absolute atomic E-state index is 6.15. The summed E-state index contributed by atoms with van der Waals surface area (Å²) in [6.45, 7) is 3.00. The standard InChI is InChI=1S/C17H24ClNO/c1-11(19-2)16-9-15(18)5-6-17(16)20-10-14-8-12-3-4-13(14)7-12/h5-6,9,11-14,19H,3-4,7-8,10H2,1-2H3. The minimum absolute atomic E-state index is 0.253. The minimum atomic E-state index is 0.253. The molecule has 2 saturated carbocycles. The molecule has 0 saturated heterocycles. The predicted molar refractivity (Wildman–Crippen MR) is 83.4 cm³/mol. The summed E-state index contributed by atoms with van der Waals surface area (Å²) in [5.41, 5.74) is 1.16. The Morgan fingerprint density at radius 1 is 1.35 bits per heavy atom. The minimum Gasteiger partial charge on any atom is -0.493 e. The highest BCUT2D eigenvalue weighted by molar-refractivity contribution is 6.30. The largest absolute Gasteiger partial charge is 0.493 e. The molecule has 2 fully saturated rings. The van der Waals surface area contributed by atoms with Crippen LogP contribution < -0.4 is 10.1 Å². The van der Waals surface area contributed by atoms with Gasteiger partial charge in [-0.1, -0.05) is 18.0 Å². The molecule has 0 aromatic heterocycles. The van der Waals surface area contributed by atoms with E-state index in [1.54, 1.807) is 0 Å². The number of fused-ring (bicyclic) bond motifs is 2. The maximum Gasteiger partial charge on any atom is 0.124 e. The van der Waals surface area contributed by atoms with Crippen molar-refractivity contribution in [1.29, 1.82) is 0 Å². The molecule has 0 aliphatic heterocycles. The molecule has 2 nitrogen and oxygen atoms in total. The lowest BCUT2D eigenvalue weighted by atomic mass is 9.89. The third kappa shape index (κ3) is 2.82. The van der Waals surface area contributed by atoms with E-state index >= 15 is 0 Å². The van der Waals surface area contributed by atoms with Gasteiger partial charge in [0.2, 0.25) is 0 Å². The summed E-state index contributed by atoms with van der Waals surface area (Å²) in [6.07, 6.45) is 5.67.